The number of aromatic carboxylic acids is 1. The third-order valence-electron chi connectivity index (χ3n) is 3.62. The van der Waals surface area contributed by atoms with E-state index in [1.54, 1.807) is 18.2 Å². The molecule has 0 radical (unpaired) electrons. The van der Waals surface area contributed by atoms with Gasteiger partial charge in [0.25, 0.3) is 0 Å². The topological polar surface area (TPSA) is 53.8 Å². The van der Waals surface area contributed by atoms with Crippen molar-refractivity contribution in [1.82, 2.24) is 0 Å². The Bertz CT molecular complexity index is 598. The van der Waals surface area contributed by atoms with Crippen molar-refractivity contribution in [2.24, 2.45) is 0 Å². The van der Waals surface area contributed by atoms with Crippen LogP contribution in [0.4, 0.5) is 0 Å². The summed E-state index contributed by atoms with van der Waals surface area (Å²) in [5.74, 6) is -0.836. The molecule has 2 rings (SSSR count). The van der Waals surface area contributed by atoms with Crippen LogP contribution in [0.25, 0.3) is 0 Å². The third-order valence-corrected chi connectivity index (χ3v) is 3.62. The van der Waals surface area contributed by atoms with Gasteiger partial charge in [-0.3, -0.25) is 0 Å². The monoisotopic (exact) mass is 299 g/mol. The molecule has 22 heavy (non-hydrogen) atoms. The molecule has 0 saturated carbocycles. The molecule has 1 N–H and O–H groups in total. The summed E-state index contributed by atoms with van der Waals surface area (Å²) in [4.78, 5) is 12.4. The second-order valence-electron chi connectivity index (χ2n) is 5.15. The fourth-order valence-corrected chi connectivity index (χ4v) is 2.34. The van der Waals surface area contributed by atoms with Crippen LogP contribution in [-0.4, -0.2) is 25.7 Å². The Morgan fingerprint density at radius 1 is 1.09 bits per heavy atom. The van der Waals surface area contributed by atoms with Crippen LogP contribution in [-0.2, 0) is 6.54 Å². The molecule has 0 saturated heterocycles. The summed E-state index contributed by atoms with van der Waals surface area (Å²) >= 11 is 0. The molecule has 0 bridgehead atoms. The van der Waals surface area contributed by atoms with Crippen LogP contribution >= 0.6 is 0 Å². The van der Waals surface area contributed by atoms with E-state index < -0.39 is 5.97 Å². The van der Waals surface area contributed by atoms with E-state index in [9.17, 15) is 9.90 Å². The molecule has 0 fully saturated rings. The van der Waals surface area contributed by atoms with Crippen molar-refractivity contribution < 1.29 is 19.5 Å². The molecule has 1 atom stereocenters. The second-order valence-corrected chi connectivity index (χ2v) is 5.15. The lowest BCUT2D eigenvalue weighted by atomic mass is 10.2. The van der Waals surface area contributed by atoms with Gasteiger partial charge in [0.2, 0.25) is 0 Å². The zero-order valence-corrected chi connectivity index (χ0v) is 12.7. The lowest BCUT2D eigenvalue weighted by molar-refractivity contribution is -0.912. The van der Waals surface area contributed by atoms with Gasteiger partial charge in [-0.25, -0.2) is 0 Å². The lowest BCUT2D eigenvalue weighted by Gasteiger charge is -2.19. The van der Waals surface area contributed by atoms with Gasteiger partial charge in [-0.15, -0.1) is 0 Å². The van der Waals surface area contributed by atoms with Crippen LogP contribution in [0.2, 0.25) is 0 Å². The van der Waals surface area contributed by atoms with Crippen molar-refractivity contribution in [1.29, 1.82) is 0 Å². The Kier molecular flexibility index (Phi) is 5.98. The molecular formula is C18H21NO3. The summed E-state index contributed by atoms with van der Waals surface area (Å²) in [5.41, 5.74) is 1.39. The van der Waals surface area contributed by atoms with Crippen molar-refractivity contribution in [2.45, 2.75) is 13.5 Å². The molecule has 0 aliphatic carbocycles. The third kappa shape index (κ3) is 4.60. The van der Waals surface area contributed by atoms with Crippen LogP contribution in [0.5, 0.6) is 5.75 Å². The molecule has 0 aliphatic heterocycles. The summed E-state index contributed by atoms with van der Waals surface area (Å²) in [6, 6.07) is 16.9. The van der Waals surface area contributed by atoms with E-state index in [0.717, 1.165) is 19.6 Å². The second kappa shape index (κ2) is 8.20. The SMILES string of the molecule is CC[NH+](CCOc1ccccc1C(=O)[O-])Cc1ccccc1. The molecule has 0 aromatic heterocycles. The zero-order chi connectivity index (χ0) is 15.8. The molecule has 0 heterocycles. The quantitative estimate of drug-likeness (QED) is 0.774. The van der Waals surface area contributed by atoms with Gasteiger partial charge in [0, 0.05) is 11.1 Å². The number of carbonyl (C=O) groups is 1. The van der Waals surface area contributed by atoms with Gasteiger partial charge in [-0.05, 0) is 19.1 Å². The fraction of sp³-hybridized carbons (Fsp3) is 0.278. The Hall–Kier alpha value is -2.33. The molecule has 2 aromatic carbocycles. The average molecular weight is 299 g/mol. The van der Waals surface area contributed by atoms with Gasteiger partial charge < -0.3 is 19.5 Å². The van der Waals surface area contributed by atoms with E-state index in [1.165, 1.54) is 16.5 Å². The van der Waals surface area contributed by atoms with Gasteiger partial charge >= 0.3 is 0 Å². The van der Waals surface area contributed by atoms with Gasteiger partial charge in [0.05, 0.1) is 12.5 Å². The number of ether oxygens (including phenoxy) is 1. The molecule has 4 nitrogen and oxygen atoms in total. The van der Waals surface area contributed by atoms with Gasteiger partial charge in [0.1, 0.15) is 25.4 Å². The standard InChI is InChI=1S/C18H21NO3/c1-2-19(14-15-8-4-3-5-9-15)12-13-22-17-11-7-6-10-16(17)18(20)21/h3-11H,2,12-14H2,1H3,(H,20,21). The van der Waals surface area contributed by atoms with E-state index in [2.05, 4.69) is 19.1 Å². The minimum Gasteiger partial charge on any atom is -0.545 e. The van der Waals surface area contributed by atoms with Gasteiger partial charge in [-0.2, -0.15) is 0 Å². The number of carbonyl (C=O) groups excluding carboxylic acids is 1. The molecule has 0 spiro atoms. The number of carboxylic acids is 1. The summed E-state index contributed by atoms with van der Waals surface area (Å²) < 4.78 is 5.63. The summed E-state index contributed by atoms with van der Waals surface area (Å²) in [6.07, 6.45) is 0. The van der Waals surface area contributed by atoms with Crippen molar-refractivity contribution in [3.8, 4) is 5.75 Å². The number of nitrogens with one attached hydrogen (secondary N) is 1. The Labute approximate surface area is 131 Å². The Balaban J connectivity index is 1.88. The number of quaternary nitrogens is 1. The van der Waals surface area contributed by atoms with E-state index in [-0.39, 0.29) is 5.56 Å². The fourth-order valence-electron chi connectivity index (χ4n) is 2.34. The van der Waals surface area contributed by atoms with Crippen LogP contribution in [0.15, 0.2) is 54.6 Å². The smallest absolute Gasteiger partial charge is 0.137 e. The normalized spacial score (nSPS) is 11.9. The zero-order valence-electron chi connectivity index (χ0n) is 12.7. The van der Waals surface area contributed by atoms with Crippen LogP contribution in [0, 0.1) is 0 Å². The van der Waals surface area contributed by atoms with E-state index in [4.69, 9.17) is 4.74 Å². The highest BCUT2D eigenvalue weighted by atomic mass is 16.5. The molecule has 0 aliphatic rings. The predicted molar refractivity (Wildman–Crippen MR) is 82.8 cm³/mol. The first-order valence-electron chi connectivity index (χ1n) is 7.51. The molecular weight excluding hydrogens is 278 g/mol. The van der Waals surface area contributed by atoms with Crippen LogP contribution in [0.1, 0.15) is 22.8 Å². The largest absolute Gasteiger partial charge is 0.545 e. The molecule has 116 valence electrons. The summed E-state index contributed by atoms with van der Waals surface area (Å²) in [5, 5.41) is 11.0. The minimum atomic E-state index is -1.21. The van der Waals surface area contributed by atoms with Gasteiger partial charge in [-0.1, -0.05) is 42.5 Å². The number of benzene rings is 2. The maximum Gasteiger partial charge on any atom is 0.137 e. The number of hydrogen-bond donors (Lipinski definition) is 1. The highest BCUT2D eigenvalue weighted by molar-refractivity contribution is 5.89. The lowest BCUT2D eigenvalue weighted by Crippen LogP contribution is -3.11. The maximum atomic E-state index is 11.0. The number of hydrogen-bond acceptors (Lipinski definition) is 3. The van der Waals surface area contributed by atoms with Gasteiger partial charge in [0.15, 0.2) is 0 Å². The van der Waals surface area contributed by atoms with E-state index in [0.29, 0.717) is 12.4 Å². The van der Waals surface area contributed by atoms with Crippen LogP contribution in [0.3, 0.4) is 0 Å². The first-order chi connectivity index (χ1) is 10.7. The number of para-hydroxylation sites is 1. The van der Waals surface area contributed by atoms with Crippen molar-refractivity contribution in [3.63, 3.8) is 0 Å². The first kappa shape index (κ1) is 16.0. The number of likely N-dealkylation sites (N-methyl/N-ethyl adjacent to an activating group) is 1. The minimum absolute atomic E-state index is 0.101. The first-order valence-corrected chi connectivity index (χ1v) is 7.51. The highest BCUT2D eigenvalue weighted by Gasteiger charge is 2.09. The summed E-state index contributed by atoms with van der Waals surface area (Å²) in [6.45, 7) is 5.34. The predicted octanol–water partition coefficient (Wildman–Crippen LogP) is 0.534. The molecule has 2 aromatic rings. The van der Waals surface area contributed by atoms with E-state index in [1.807, 2.05) is 18.2 Å². The van der Waals surface area contributed by atoms with Crippen LogP contribution < -0.4 is 14.7 Å². The highest BCUT2D eigenvalue weighted by Crippen LogP contribution is 2.16. The Morgan fingerprint density at radius 3 is 2.45 bits per heavy atom. The molecule has 4 heteroatoms. The average Bonchev–Trinajstić information content (AvgIpc) is 2.55. The van der Waals surface area contributed by atoms with Crippen molar-refractivity contribution in [3.05, 3.63) is 65.7 Å². The van der Waals surface area contributed by atoms with Crippen molar-refractivity contribution >= 4 is 5.97 Å². The Morgan fingerprint density at radius 2 is 1.77 bits per heavy atom. The van der Waals surface area contributed by atoms with Crippen molar-refractivity contribution in [2.75, 3.05) is 19.7 Å². The molecule has 0 amide bonds. The maximum absolute atomic E-state index is 11.0. The van der Waals surface area contributed by atoms with E-state index >= 15 is 0 Å². The number of rotatable bonds is 8. The summed E-state index contributed by atoms with van der Waals surface area (Å²) in [7, 11) is 0. The molecule has 1 unspecified atom stereocenters. The number of carboxylic acid groups (broad SMARTS) is 1.